The maximum atomic E-state index is 12.6. The van der Waals surface area contributed by atoms with Crippen LogP contribution in [-0.4, -0.2) is 40.1 Å². The Labute approximate surface area is 157 Å². The van der Waals surface area contributed by atoms with E-state index in [1.54, 1.807) is 23.6 Å². The lowest BCUT2D eigenvalue weighted by molar-refractivity contribution is 0.454. The quantitative estimate of drug-likeness (QED) is 0.540. The zero-order valence-corrected chi connectivity index (χ0v) is 15.6. The van der Waals surface area contributed by atoms with Crippen molar-refractivity contribution in [2.24, 2.45) is 0 Å². The van der Waals surface area contributed by atoms with Crippen LogP contribution in [0.2, 0.25) is 0 Å². The lowest BCUT2D eigenvalue weighted by Gasteiger charge is -2.06. The first-order valence-corrected chi connectivity index (χ1v) is 9.33. The predicted octanol–water partition coefficient (Wildman–Crippen LogP) is 1.95. The van der Waals surface area contributed by atoms with Gasteiger partial charge in [0.1, 0.15) is 5.65 Å². The molecule has 4 heterocycles. The second-order valence-corrected chi connectivity index (χ2v) is 7.38. The highest BCUT2D eigenvalue weighted by Gasteiger charge is 2.18. The largest absolute Gasteiger partial charge is 0.493 e. The van der Waals surface area contributed by atoms with Crippen molar-refractivity contribution in [2.45, 2.75) is 32.6 Å². The average molecular weight is 383 g/mol. The first-order valence-electron chi connectivity index (χ1n) is 8.45. The summed E-state index contributed by atoms with van der Waals surface area (Å²) < 4.78 is 1.36. The summed E-state index contributed by atoms with van der Waals surface area (Å²) in [5.74, 6) is 0.0105. The number of fused-ring (bicyclic) bond motifs is 1. The maximum Gasteiger partial charge on any atom is 0.273 e. The Morgan fingerprint density at radius 1 is 1.30 bits per heavy atom. The van der Waals surface area contributed by atoms with E-state index in [0.29, 0.717) is 11.6 Å². The first-order chi connectivity index (χ1) is 13.0. The van der Waals surface area contributed by atoms with E-state index in [0.717, 1.165) is 29.1 Å². The Morgan fingerprint density at radius 3 is 2.85 bits per heavy atom. The van der Waals surface area contributed by atoms with Gasteiger partial charge >= 0.3 is 0 Å². The molecule has 0 fully saturated rings. The van der Waals surface area contributed by atoms with Crippen LogP contribution in [0.25, 0.3) is 17.0 Å². The SMILES string of the molecule is CC(C)c1csc(CCc2ccn3c(=O)c(-c4nn[nH]n4)c(O)nc3c2)n1. The number of pyridine rings is 1. The standard InChI is InChI=1S/C17H17N7O2S/c1-9(2)11-8-27-13(18-11)4-3-10-5-6-24-12(7-10)19-16(25)14(17(24)26)15-20-22-23-21-15/h5-9,25H,3-4H2,1-2H3,(H,20,21,22,23). The molecule has 0 spiro atoms. The summed E-state index contributed by atoms with van der Waals surface area (Å²) in [6.07, 6.45) is 3.22. The van der Waals surface area contributed by atoms with E-state index in [2.05, 4.69) is 49.8 Å². The first kappa shape index (κ1) is 17.3. The summed E-state index contributed by atoms with van der Waals surface area (Å²) in [6, 6.07) is 3.65. The van der Waals surface area contributed by atoms with Crippen molar-refractivity contribution in [3.8, 4) is 17.3 Å². The average Bonchev–Trinajstić information content (AvgIpc) is 3.32. The lowest BCUT2D eigenvalue weighted by Crippen LogP contribution is -2.18. The number of hydrogen-bond acceptors (Lipinski definition) is 8. The molecule has 4 aromatic heterocycles. The maximum absolute atomic E-state index is 12.6. The van der Waals surface area contributed by atoms with Gasteiger partial charge in [0.05, 0.1) is 10.7 Å². The van der Waals surface area contributed by atoms with Crippen LogP contribution in [0.3, 0.4) is 0 Å². The molecule has 4 rings (SSSR count). The van der Waals surface area contributed by atoms with Crippen LogP contribution >= 0.6 is 11.3 Å². The van der Waals surface area contributed by atoms with Crippen LogP contribution in [-0.2, 0) is 12.8 Å². The van der Waals surface area contributed by atoms with Gasteiger partial charge in [-0.15, -0.1) is 21.5 Å². The Kier molecular flexibility index (Phi) is 4.40. The van der Waals surface area contributed by atoms with Crippen LogP contribution in [0, 0.1) is 0 Å². The fraction of sp³-hybridized carbons (Fsp3) is 0.294. The van der Waals surface area contributed by atoms with Crippen LogP contribution in [0.15, 0.2) is 28.5 Å². The minimum Gasteiger partial charge on any atom is -0.493 e. The highest BCUT2D eigenvalue weighted by molar-refractivity contribution is 7.09. The molecule has 0 atom stereocenters. The van der Waals surface area contributed by atoms with Crippen LogP contribution in [0.4, 0.5) is 0 Å². The molecule has 2 N–H and O–H groups in total. The topological polar surface area (TPSA) is 122 Å². The molecule has 10 heteroatoms. The number of H-pyrrole nitrogens is 1. The van der Waals surface area contributed by atoms with Crippen molar-refractivity contribution < 1.29 is 5.11 Å². The minimum atomic E-state index is -0.452. The molecule has 0 bridgehead atoms. The fourth-order valence-corrected chi connectivity index (χ4v) is 3.70. The van der Waals surface area contributed by atoms with Crippen molar-refractivity contribution in [1.82, 2.24) is 35.0 Å². The molecule has 0 saturated heterocycles. The molecule has 9 nitrogen and oxygen atoms in total. The zero-order chi connectivity index (χ0) is 19.0. The van der Waals surface area contributed by atoms with Crippen LogP contribution in [0.1, 0.15) is 36.0 Å². The van der Waals surface area contributed by atoms with Crippen molar-refractivity contribution in [2.75, 3.05) is 0 Å². The normalized spacial score (nSPS) is 11.5. The number of aryl methyl sites for hydroxylation is 2. The number of nitrogens with one attached hydrogen (secondary N) is 1. The van der Waals surface area contributed by atoms with Crippen molar-refractivity contribution in [3.05, 3.63) is 50.3 Å². The van der Waals surface area contributed by atoms with Gasteiger partial charge in [0.25, 0.3) is 5.56 Å². The molecule has 138 valence electrons. The van der Waals surface area contributed by atoms with Crippen LogP contribution < -0.4 is 5.56 Å². The van der Waals surface area contributed by atoms with Crippen LogP contribution in [0.5, 0.6) is 5.88 Å². The zero-order valence-electron chi connectivity index (χ0n) is 14.7. The highest BCUT2D eigenvalue weighted by Crippen LogP contribution is 2.21. The number of tetrazole rings is 1. The Morgan fingerprint density at radius 2 is 2.15 bits per heavy atom. The van der Waals surface area contributed by atoms with E-state index in [1.807, 2.05) is 6.07 Å². The second kappa shape index (κ2) is 6.88. The van der Waals surface area contributed by atoms with E-state index in [-0.39, 0.29) is 11.4 Å². The van der Waals surface area contributed by atoms with E-state index in [4.69, 9.17) is 0 Å². The highest BCUT2D eigenvalue weighted by atomic mass is 32.1. The van der Waals surface area contributed by atoms with Crippen molar-refractivity contribution in [1.29, 1.82) is 0 Å². The molecular weight excluding hydrogens is 366 g/mol. The third kappa shape index (κ3) is 3.31. The Balaban J connectivity index is 1.62. The Hall–Kier alpha value is -3.14. The summed E-state index contributed by atoms with van der Waals surface area (Å²) in [5, 5.41) is 26.5. The number of aromatic nitrogens is 7. The monoisotopic (exact) mass is 383 g/mol. The number of rotatable bonds is 5. The van der Waals surface area contributed by atoms with E-state index in [9.17, 15) is 9.90 Å². The summed E-state index contributed by atoms with van der Waals surface area (Å²) >= 11 is 1.66. The van der Waals surface area contributed by atoms with Gasteiger partial charge < -0.3 is 5.11 Å². The number of hydrogen-bond donors (Lipinski definition) is 2. The number of thiazole rings is 1. The summed E-state index contributed by atoms with van der Waals surface area (Å²) in [5.41, 5.74) is 1.95. The van der Waals surface area contributed by atoms with Crippen molar-refractivity contribution in [3.63, 3.8) is 0 Å². The van der Waals surface area contributed by atoms with Gasteiger partial charge in [-0.05, 0) is 35.2 Å². The summed E-state index contributed by atoms with van der Waals surface area (Å²) in [4.78, 5) is 21.4. The van der Waals surface area contributed by atoms with Gasteiger partial charge in [0.2, 0.25) is 11.7 Å². The molecule has 0 aliphatic heterocycles. The summed E-state index contributed by atoms with van der Waals surface area (Å²) in [6.45, 7) is 4.25. The Bertz CT molecular complexity index is 1150. The molecule has 0 unspecified atom stereocenters. The third-order valence-corrected chi connectivity index (χ3v) is 5.16. The van der Waals surface area contributed by atoms with Gasteiger partial charge in [0.15, 0.2) is 5.56 Å². The summed E-state index contributed by atoms with van der Waals surface area (Å²) in [7, 11) is 0. The molecule has 0 saturated carbocycles. The molecule has 0 aromatic carbocycles. The van der Waals surface area contributed by atoms with E-state index < -0.39 is 11.4 Å². The van der Waals surface area contributed by atoms with Gasteiger partial charge in [-0.2, -0.15) is 10.2 Å². The lowest BCUT2D eigenvalue weighted by atomic mass is 10.1. The molecule has 27 heavy (non-hydrogen) atoms. The number of aromatic hydroxyl groups is 1. The fourth-order valence-electron chi connectivity index (χ4n) is 2.74. The van der Waals surface area contributed by atoms with Crippen molar-refractivity contribution >= 4 is 17.0 Å². The molecule has 0 radical (unpaired) electrons. The van der Waals surface area contributed by atoms with Gasteiger partial charge in [-0.25, -0.2) is 4.98 Å². The molecule has 4 aromatic rings. The number of nitrogens with zero attached hydrogens (tertiary/aromatic N) is 6. The second-order valence-electron chi connectivity index (χ2n) is 6.43. The molecule has 0 aliphatic rings. The molecule has 0 aliphatic carbocycles. The van der Waals surface area contributed by atoms with E-state index in [1.165, 1.54) is 4.40 Å². The third-order valence-electron chi connectivity index (χ3n) is 4.23. The van der Waals surface area contributed by atoms with Gasteiger partial charge in [0, 0.05) is 18.0 Å². The van der Waals surface area contributed by atoms with Gasteiger partial charge in [-0.1, -0.05) is 13.8 Å². The molecule has 0 amide bonds. The number of aromatic amines is 1. The predicted molar refractivity (Wildman–Crippen MR) is 99.9 cm³/mol. The minimum absolute atomic E-state index is 0.00760. The molecular formula is C17H17N7O2S. The van der Waals surface area contributed by atoms with E-state index >= 15 is 0 Å². The smallest absolute Gasteiger partial charge is 0.273 e. The van der Waals surface area contributed by atoms with Gasteiger partial charge in [-0.3, -0.25) is 9.20 Å².